The van der Waals surface area contributed by atoms with Gasteiger partial charge in [-0.15, -0.1) is 11.7 Å². The van der Waals surface area contributed by atoms with E-state index in [9.17, 15) is 4.79 Å². The maximum atomic E-state index is 11.4. The van der Waals surface area contributed by atoms with E-state index < -0.39 is 0 Å². The fraction of sp³-hybridized carbons (Fsp3) is 0.857. The Kier molecular flexibility index (Phi) is 2.52. The van der Waals surface area contributed by atoms with Crippen molar-refractivity contribution in [2.24, 2.45) is 0 Å². The Morgan fingerprint density at radius 3 is 2.50 bits per heavy atom. The molecule has 0 aromatic carbocycles. The van der Waals surface area contributed by atoms with Gasteiger partial charge in [-0.3, -0.25) is 4.79 Å². The molecule has 68 valence electrons. The number of carbonyl (C=O) groups excluding carboxylic acids is 1. The lowest BCUT2D eigenvalue weighted by atomic mass is 10.2. The summed E-state index contributed by atoms with van der Waals surface area (Å²) in [4.78, 5) is 13.3. The Balaban J connectivity index is 2.10. The summed E-state index contributed by atoms with van der Waals surface area (Å²) in [6.07, 6.45) is 2.18. The van der Waals surface area contributed by atoms with E-state index in [0.717, 1.165) is 23.6 Å². The monoisotopic (exact) mass is 205 g/mol. The van der Waals surface area contributed by atoms with Crippen LogP contribution in [0.4, 0.5) is 4.79 Å². The van der Waals surface area contributed by atoms with E-state index in [4.69, 9.17) is 4.74 Å². The van der Waals surface area contributed by atoms with Crippen LogP contribution in [0.2, 0.25) is 0 Å². The number of fused-ring (bicyclic) bond motifs is 2. The number of rotatable bonds is 0. The van der Waals surface area contributed by atoms with Crippen LogP contribution in [-0.2, 0) is 4.74 Å². The molecule has 2 atom stereocenters. The molecule has 2 fully saturated rings. The van der Waals surface area contributed by atoms with Gasteiger partial charge in [-0.2, -0.15) is 0 Å². The van der Waals surface area contributed by atoms with Crippen molar-refractivity contribution in [3.05, 3.63) is 0 Å². The molecular weight excluding hydrogens is 194 g/mol. The third-order valence-electron chi connectivity index (χ3n) is 2.53. The molecule has 0 aromatic heterocycles. The van der Waals surface area contributed by atoms with Crippen molar-refractivity contribution in [2.45, 2.75) is 24.9 Å². The molecule has 2 bridgehead atoms. The van der Waals surface area contributed by atoms with Crippen LogP contribution < -0.4 is 0 Å². The molecule has 2 saturated heterocycles. The van der Waals surface area contributed by atoms with E-state index in [1.165, 1.54) is 0 Å². The standard InChI is InChI=1S/C7H11NO2S2/c9-7(12-11)8-5-1-2-6(8)4-10-3-5/h5-6,11H,1-4H2. The summed E-state index contributed by atoms with van der Waals surface area (Å²) in [6.45, 7) is 1.41. The van der Waals surface area contributed by atoms with Gasteiger partial charge in [0.25, 0.3) is 5.24 Å². The first-order chi connectivity index (χ1) is 5.83. The van der Waals surface area contributed by atoms with Crippen LogP contribution in [0.1, 0.15) is 12.8 Å². The molecule has 1 amide bonds. The molecule has 2 aliphatic rings. The molecule has 12 heavy (non-hydrogen) atoms. The van der Waals surface area contributed by atoms with Gasteiger partial charge in [0.1, 0.15) is 0 Å². The third-order valence-corrected chi connectivity index (χ3v) is 3.36. The van der Waals surface area contributed by atoms with Crippen molar-refractivity contribution in [3.63, 3.8) is 0 Å². The molecule has 2 rings (SSSR count). The Labute approximate surface area is 80.6 Å². The van der Waals surface area contributed by atoms with Crippen molar-refractivity contribution >= 4 is 27.7 Å². The second-order valence-electron chi connectivity index (χ2n) is 3.19. The highest BCUT2D eigenvalue weighted by atomic mass is 33.1. The Morgan fingerprint density at radius 1 is 1.42 bits per heavy atom. The minimum atomic E-state index is 0.0779. The van der Waals surface area contributed by atoms with Crippen molar-refractivity contribution in [1.82, 2.24) is 4.90 Å². The van der Waals surface area contributed by atoms with E-state index in [1.807, 2.05) is 4.90 Å². The Hall–Kier alpha value is 0.130. The number of thiol groups is 1. The van der Waals surface area contributed by atoms with Crippen molar-refractivity contribution in [1.29, 1.82) is 0 Å². The zero-order valence-electron chi connectivity index (χ0n) is 6.60. The molecule has 0 saturated carbocycles. The van der Waals surface area contributed by atoms with Gasteiger partial charge < -0.3 is 9.64 Å². The van der Waals surface area contributed by atoms with Crippen LogP contribution in [0.3, 0.4) is 0 Å². The highest BCUT2D eigenvalue weighted by Gasteiger charge is 2.40. The summed E-state index contributed by atoms with van der Waals surface area (Å²) in [7, 11) is 1.00. The summed E-state index contributed by atoms with van der Waals surface area (Å²) in [5, 5.41) is 0.0779. The minimum Gasteiger partial charge on any atom is -0.377 e. The van der Waals surface area contributed by atoms with E-state index in [0.29, 0.717) is 25.3 Å². The summed E-state index contributed by atoms with van der Waals surface area (Å²) < 4.78 is 5.35. The van der Waals surface area contributed by atoms with Gasteiger partial charge in [-0.05, 0) is 12.8 Å². The summed E-state index contributed by atoms with van der Waals surface area (Å²) in [6, 6.07) is 0.631. The first-order valence-electron chi connectivity index (χ1n) is 4.04. The Morgan fingerprint density at radius 2 is 2.00 bits per heavy atom. The van der Waals surface area contributed by atoms with Crippen LogP contribution >= 0.6 is 22.5 Å². The maximum Gasteiger partial charge on any atom is 0.292 e. The second-order valence-corrected chi connectivity index (χ2v) is 4.27. The zero-order valence-corrected chi connectivity index (χ0v) is 8.31. The number of morpholine rings is 1. The largest absolute Gasteiger partial charge is 0.377 e. The third kappa shape index (κ3) is 1.34. The number of hydrogen-bond donors (Lipinski definition) is 1. The topological polar surface area (TPSA) is 29.5 Å². The lowest BCUT2D eigenvalue weighted by Gasteiger charge is -2.33. The number of ether oxygens (including phenoxy) is 1. The maximum absolute atomic E-state index is 11.4. The van der Waals surface area contributed by atoms with Crippen molar-refractivity contribution in [2.75, 3.05) is 13.2 Å². The van der Waals surface area contributed by atoms with Gasteiger partial charge in [0, 0.05) is 10.8 Å². The molecule has 0 N–H and O–H groups in total. The molecule has 2 aliphatic heterocycles. The number of amides is 1. The van der Waals surface area contributed by atoms with Gasteiger partial charge in [0.15, 0.2) is 0 Å². The first kappa shape index (κ1) is 8.72. The number of nitrogens with zero attached hydrogens (tertiary/aromatic N) is 1. The van der Waals surface area contributed by atoms with Crippen LogP contribution in [0.15, 0.2) is 0 Å². The average Bonchev–Trinajstić information content (AvgIpc) is 2.35. The lowest BCUT2D eigenvalue weighted by Crippen LogP contribution is -2.47. The second kappa shape index (κ2) is 3.47. The van der Waals surface area contributed by atoms with Crippen LogP contribution in [0.25, 0.3) is 0 Å². The lowest BCUT2D eigenvalue weighted by molar-refractivity contribution is 0.0124. The van der Waals surface area contributed by atoms with Gasteiger partial charge in [0.2, 0.25) is 0 Å². The predicted octanol–water partition coefficient (Wildman–Crippen LogP) is 1.55. The molecule has 2 heterocycles. The van der Waals surface area contributed by atoms with Crippen LogP contribution in [0.5, 0.6) is 0 Å². The predicted molar refractivity (Wildman–Crippen MR) is 51.4 cm³/mol. The van der Waals surface area contributed by atoms with Crippen LogP contribution in [-0.4, -0.2) is 35.4 Å². The SMILES string of the molecule is O=C(SS)N1C2CCC1COC2. The van der Waals surface area contributed by atoms with Crippen molar-refractivity contribution in [3.8, 4) is 0 Å². The number of hydrogen-bond acceptors (Lipinski definition) is 4. The smallest absolute Gasteiger partial charge is 0.292 e. The summed E-state index contributed by atoms with van der Waals surface area (Å²) in [5.74, 6) is 0. The van der Waals surface area contributed by atoms with E-state index in [2.05, 4.69) is 11.7 Å². The fourth-order valence-corrected chi connectivity index (χ4v) is 2.65. The van der Waals surface area contributed by atoms with Gasteiger partial charge >= 0.3 is 0 Å². The molecule has 0 spiro atoms. The zero-order chi connectivity index (χ0) is 8.55. The van der Waals surface area contributed by atoms with Gasteiger partial charge in [0.05, 0.1) is 25.3 Å². The highest BCUT2D eigenvalue weighted by molar-refractivity contribution is 8.74. The molecule has 2 unspecified atom stereocenters. The molecule has 0 aliphatic carbocycles. The normalized spacial score (nSPS) is 33.9. The summed E-state index contributed by atoms with van der Waals surface area (Å²) >= 11 is 3.92. The minimum absolute atomic E-state index is 0.0779. The average molecular weight is 205 g/mol. The van der Waals surface area contributed by atoms with E-state index in [-0.39, 0.29) is 5.24 Å². The fourth-order valence-electron chi connectivity index (χ4n) is 1.97. The van der Waals surface area contributed by atoms with Gasteiger partial charge in [-0.1, -0.05) is 0 Å². The van der Waals surface area contributed by atoms with Gasteiger partial charge in [-0.25, -0.2) is 0 Å². The summed E-state index contributed by atoms with van der Waals surface area (Å²) in [5.41, 5.74) is 0. The number of carbonyl (C=O) groups is 1. The Bertz CT molecular complexity index is 184. The molecule has 0 radical (unpaired) electrons. The molecule has 5 heteroatoms. The van der Waals surface area contributed by atoms with Crippen molar-refractivity contribution < 1.29 is 9.53 Å². The van der Waals surface area contributed by atoms with E-state index in [1.54, 1.807) is 0 Å². The molecule has 0 aromatic rings. The first-order valence-corrected chi connectivity index (χ1v) is 5.91. The highest BCUT2D eigenvalue weighted by Crippen LogP contribution is 2.32. The quantitative estimate of drug-likeness (QED) is 0.480. The molecular formula is C7H11NO2S2. The van der Waals surface area contributed by atoms with E-state index >= 15 is 0 Å². The molecule has 3 nitrogen and oxygen atoms in total. The van der Waals surface area contributed by atoms with Crippen LogP contribution in [0, 0.1) is 0 Å².